The summed E-state index contributed by atoms with van der Waals surface area (Å²) < 4.78 is 0. The van der Waals surface area contributed by atoms with Gasteiger partial charge in [0.2, 0.25) is 5.91 Å². The zero-order valence-corrected chi connectivity index (χ0v) is 13.9. The third kappa shape index (κ3) is 3.25. The Balaban J connectivity index is 1.69. The molecule has 0 aromatic heterocycles. The smallest absolute Gasteiger partial charge is 0.252 e. The topological polar surface area (TPSA) is 52.7 Å². The summed E-state index contributed by atoms with van der Waals surface area (Å²) in [6, 6.07) is 16.4. The fourth-order valence-electron chi connectivity index (χ4n) is 2.85. The van der Waals surface area contributed by atoms with Gasteiger partial charge in [-0.15, -0.1) is 0 Å². The summed E-state index contributed by atoms with van der Waals surface area (Å²) >= 11 is 0. The van der Waals surface area contributed by atoms with Crippen molar-refractivity contribution in [1.29, 1.82) is 0 Å². The van der Waals surface area contributed by atoms with Crippen molar-refractivity contribution in [2.45, 2.75) is 12.5 Å². The highest BCUT2D eigenvalue weighted by atomic mass is 16.2. The Bertz CT molecular complexity index is 743. The minimum absolute atomic E-state index is 0.0571. The van der Waals surface area contributed by atoms with Gasteiger partial charge >= 0.3 is 0 Å². The maximum atomic E-state index is 12.6. The van der Waals surface area contributed by atoms with Crippen molar-refractivity contribution < 1.29 is 9.59 Å². The van der Waals surface area contributed by atoms with Gasteiger partial charge in [0.25, 0.3) is 5.91 Å². The molecular formula is C19H21N3O2. The number of nitrogens with one attached hydrogen (secondary N) is 1. The second kappa shape index (κ2) is 6.74. The van der Waals surface area contributed by atoms with Gasteiger partial charge in [0.05, 0.1) is 0 Å². The molecule has 24 heavy (non-hydrogen) atoms. The lowest BCUT2D eigenvalue weighted by Crippen LogP contribution is -2.41. The van der Waals surface area contributed by atoms with Gasteiger partial charge in [0.1, 0.15) is 6.04 Å². The Morgan fingerprint density at radius 3 is 2.58 bits per heavy atom. The van der Waals surface area contributed by atoms with Gasteiger partial charge in [-0.05, 0) is 36.8 Å². The fraction of sp³-hybridized carbons (Fsp3) is 0.263. The summed E-state index contributed by atoms with van der Waals surface area (Å²) in [6.45, 7) is 0.617. The summed E-state index contributed by atoms with van der Waals surface area (Å²) in [7, 11) is 3.85. The van der Waals surface area contributed by atoms with Crippen LogP contribution in [-0.4, -0.2) is 38.5 Å². The maximum absolute atomic E-state index is 12.6. The first-order valence-corrected chi connectivity index (χ1v) is 8.01. The third-order valence-electron chi connectivity index (χ3n) is 4.20. The Hall–Kier alpha value is -2.82. The Morgan fingerprint density at radius 1 is 1.12 bits per heavy atom. The first-order valence-electron chi connectivity index (χ1n) is 8.01. The molecule has 5 nitrogen and oxygen atoms in total. The van der Waals surface area contributed by atoms with E-state index in [0.29, 0.717) is 18.5 Å². The van der Waals surface area contributed by atoms with Crippen molar-refractivity contribution in [2.24, 2.45) is 0 Å². The average molecular weight is 323 g/mol. The SMILES string of the molecule is CN(C)c1cccc(C(=O)N[C@H]2CCN(c3ccccc3)C2=O)c1. The van der Waals surface area contributed by atoms with Crippen molar-refractivity contribution >= 4 is 23.2 Å². The highest BCUT2D eigenvalue weighted by Gasteiger charge is 2.33. The maximum Gasteiger partial charge on any atom is 0.252 e. The molecule has 2 aromatic rings. The highest BCUT2D eigenvalue weighted by Crippen LogP contribution is 2.21. The van der Waals surface area contributed by atoms with Gasteiger partial charge in [-0.3, -0.25) is 9.59 Å². The van der Waals surface area contributed by atoms with Crippen LogP contribution in [0.1, 0.15) is 16.8 Å². The summed E-state index contributed by atoms with van der Waals surface area (Å²) in [5, 5.41) is 2.86. The van der Waals surface area contributed by atoms with E-state index < -0.39 is 6.04 Å². The molecule has 0 unspecified atom stereocenters. The van der Waals surface area contributed by atoms with Gasteiger partial charge < -0.3 is 15.1 Å². The Kier molecular flexibility index (Phi) is 4.51. The van der Waals surface area contributed by atoms with Gasteiger partial charge in [-0.2, -0.15) is 0 Å². The van der Waals surface area contributed by atoms with Crippen LogP contribution in [0.2, 0.25) is 0 Å². The van der Waals surface area contributed by atoms with E-state index >= 15 is 0 Å². The zero-order valence-electron chi connectivity index (χ0n) is 13.9. The molecule has 1 aliphatic rings. The van der Waals surface area contributed by atoms with E-state index in [0.717, 1.165) is 11.4 Å². The van der Waals surface area contributed by atoms with Crippen LogP contribution in [-0.2, 0) is 4.79 Å². The molecule has 124 valence electrons. The first-order chi connectivity index (χ1) is 11.6. The summed E-state index contributed by atoms with van der Waals surface area (Å²) in [4.78, 5) is 28.7. The third-order valence-corrected chi connectivity index (χ3v) is 4.20. The predicted molar refractivity (Wildman–Crippen MR) is 95.4 cm³/mol. The van der Waals surface area contributed by atoms with Crippen LogP contribution in [0.5, 0.6) is 0 Å². The van der Waals surface area contributed by atoms with E-state index in [9.17, 15) is 9.59 Å². The number of nitrogens with zero attached hydrogens (tertiary/aromatic N) is 2. The van der Waals surface area contributed by atoms with Crippen molar-refractivity contribution in [3.8, 4) is 0 Å². The second-order valence-corrected chi connectivity index (χ2v) is 6.08. The van der Waals surface area contributed by atoms with E-state index in [2.05, 4.69) is 5.32 Å². The number of rotatable bonds is 4. The average Bonchev–Trinajstić information content (AvgIpc) is 2.96. The summed E-state index contributed by atoms with van der Waals surface area (Å²) in [5.74, 6) is -0.273. The van der Waals surface area contributed by atoms with Crippen molar-refractivity contribution in [3.05, 3.63) is 60.2 Å². The molecule has 1 saturated heterocycles. The molecule has 2 aromatic carbocycles. The molecule has 0 spiro atoms. The van der Waals surface area contributed by atoms with Crippen LogP contribution in [0, 0.1) is 0 Å². The largest absolute Gasteiger partial charge is 0.378 e. The van der Waals surface area contributed by atoms with Gasteiger partial charge in [0, 0.05) is 37.6 Å². The molecule has 0 bridgehead atoms. The lowest BCUT2D eigenvalue weighted by Gasteiger charge is -2.17. The minimum Gasteiger partial charge on any atom is -0.378 e. The zero-order chi connectivity index (χ0) is 17.1. The summed E-state index contributed by atoms with van der Waals surface area (Å²) in [5.41, 5.74) is 2.38. The van der Waals surface area contributed by atoms with Crippen molar-refractivity contribution in [2.75, 3.05) is 30.4 Å². The van der Waals surface area contributed by atoms with Crippen molar-refractivity contribution in [3.63, 3.8) is 0 Å². The number of amides is 2. The lowest BCUT2D eigenvalue weighted by atomic mass is 10.1. The van der Waals surface area contributed by atoms with Crippen molar-refractivity contribution in [1.82, 2.24) is 5.32 Å². The predicted octanol–water partition coefficient (Wildman–Crippen LogP) is 2.29. The molecule has 5 heteroatoms. The van der Waals surface area contributed by atoms with E-state index in [1.165, 1.54) is 0 Å². The van der Waals surface area contributed by atoms with E-state index in [1.54, 1.807) is 11.0 Å². The van der Waals surface area contributed by atoms with Crippen LogP contribution in [0.15, 0.2) is 54.6 Å². The standard InChI is InChI=1S/C19H21N3O2/c1-21(2)16-10-6-7-14(13-16)18(23)20-17-11-12-22(19(17)24)15-8-4-3-5-9-15/h3-10,13,17H,11-12H2,1-2H3,(H,20,23)/t17-/m0/s1. The summed E-state index contributed by atoms with van der Waals surface area (Å²) in [6.07, 6.45) is 0.618. The minimum atomic E-state index is -0.472. The van der Waals surface area contributed by atoms with Crippen LogP contribution < -0.4 is 15.1 Å². The van der Waals surface area contributed by atoms with Gasteiger partial charge in [-0.25, -0.2) is 0 Å². The molecule has 2 amide bonds. The molecule has 1 aliphatic heterocycles. The van der Waals surface area contributed by atoms with Gasteiger partial charge in [0.15, 0.2) is 0 Å². The molecule has 0 aliphatic carbocycles. The molecule has 1 heterocycles. The normalized spacial score (nSPS) is 17.0. The highest BCUT2D eigenvalue weighted by molar-refractivity contribution is 6.04. The number of carbonyl (C=O) groups is 2. The fourth-order valence-corrected chi connectivity index (χ4v) is 2.85. The molecule has 0 saturated carbocycles. The first kappa shape index (κ1) is 16.1. The van der Waals surface area contributed by atoms with E-state index in [-0.39, 0.29) is 11.8 Å². The number of hydrogen-bond acceptors (Lipinski definition) is 3. The van der Waals surface area contributed by atoms with Crippen LogP contribution in [0.4, 0.5) is 11.4 Å². The molecule has 1 N–H and O–H groups in total. The Morgan fingerprint density at radius 2 is 1.88 bits per heavy atom. The number of anilines is 2. The van der Waals surface area contributed by atoms with E-state index in [1.807, 2.05) is 67.5 Å². The molecule has 0 radical (unpaired) electrons. The molecule has 3 rings (SSSR count). The second-order valence-electron chi connectivity index (χ2n) is 6.08. The van der Waals surface area contributed by atoms with Crippen LogP contribution in [0.3, 0.4) is 0 Å². The number of carbonyl (C=O) groups excluding carboxylic acids is 2. The lowest BCUT2D eigenvalue weighted by molar-refractivity contribution is -0.118. The number of hydrogen-bond donors (Lipinski definition) is 1. The molecule has 1 atom stereocenters. The monoisotopic (exact) mass is 323 g/mol. The number of para-hydroxylation sites is 1. The molecular weight excluding hydrogens is 302 g/mol. The Labute approximate surface area is 141 Å². The van der Waals surface area contributed by atoms with E-state index in [4.69, 9.17) is 0 Å². The van der Waals surface area contributed by atoms with Crippen LogP contribution >= 0.6 is 0 Å². The van der Waals surface area contributed by atoms with Gasteiger partial charge in [-0.1, -0.05) is 24.3 Å². The van der Waals surface area contributed by atoms with Crippen LogP contribution in [0.25, 0.3) is 0 Å². The quantitative estimate of drug-likeness (QED) is 0.939. The number of benzene rings is 2. The molecule has 1 fully saturated rings.